The Labute approximate surface area is 178 Å². The predicted molar refractivity (Wildman–Crippen MR) is 116 cm³/mol. The fourth-order valence-electron chi connectivity index (χ4n) is 3.87. The summed E-state index contributed by atoms with van der Waals surface area (Å²) in [7, 11) is 0. The van der Waals surface area contributed by atoms with Crippen LogP contribution in [0.25, 0.3) is 0 Å². The molecule has 166 valence electrons. The van der Waals surface area contributed by atoms with Gasteiger partial charge in [0.05, 0.1) is 6.04 Å². The molecule has 2 amide bonds. The van der Waals surface area contributed by atoms with E-state index in [0.717, 1.165) is 45.4 Å². The number of nitrogens with one attached hydrogen (secondary N) is 2. The highest BCUT2D eigenvalue weighted by molar-refractivity contribution is 5.70. The van der Waals surface area contributed by atoms with Gasteiger partial charge in [-0.05, 0) is 18.6 Å². The number of anilines is 1. The van der Waals surface area contributed by atoms with Crippen LogP contribution in [0.5, 0.6) is 0 Å². The van der Waals surface area contributed by atoms with Gasteiger partial charge < -0.3 is 25.0 Å². The highest BCUT2D eigenvalue weighted by Crippen LogP contribution is 2.17. The standard InChI is InChI=1S/C22H34N4O4/c1-2-3-4-8-11-23-21(27)29-17-20-19(24-22(28)30-20)16-25-12-14-26(15-13-25)18-9-6-5-7-10-18/h5-7,9-10,19-20H,2-4,8,11-17H2,1H3,(H,23,27)(H,24,28)/t19-,20-/m1/s1. The van der Waals surface area contributed by atoms with Crippen LogP contribution in [-0.2, 0) is 9.47 Å². The number of benzene rings is 1. The summed E-state index contributed by atoms with van der Waals surface area (Å²) >= 11 is 0. The molecule has 2 saturated heterocycles. The first-order chi connectivity index (χ1) is 14.7. The number of carbonyl (C=O) groups excluding carboxylic acids is 2. The molecule has 0 saturated carbocycles. The monoisotopic (exact) mass is 418 g/mol. The lowest BCUT2D eigenvalue weighted by molar-refractivity contribution is 0.0567. The maximum Gasteiger partial charge on any atom is 0.408 e. The van der Waals surface area contributed by atoms with E-state index < -0.39 is 18.3 Å². The second-order valence-corrected chi connectivity index (χ2v) is 7.90. The lowest BCUT2D eigenvalue weighted by Gasteiger charge is -2.37. The Morgan fingerprint density at radius 1 is 1.17 bits per heavy atom. The van der Waals surface area contributed by atoms with E-state index in [1.54, 1.807) is 0 Å². The van der Waals surface area contributed by atoms with Crippen LogP contribution >= 0.6 is 0 Å². The number of cyclic esters (lactones) is 1. The number of para-hydroxylation sites is 1. The molecule has 8 nitrogen and oxygen atoms in total. The van der Waals surface area contributed by atoms with Gasteiger partial charge in [-0.15, -0.1) is 0 Å². The first-order valence-electron chi connectivity index (χ1n) is 11.1. The molecule has 2 fully saturated rings. The van der Waals surface area contributed by atoms with Gasteiger partial charge in [0, 0.05) is 45.0 Å². The molecule has 2 aliphatic heterocycles. The first kappa shape index (κ1) is 22.2. The quantitative estimate of drug-likeness (QED) is 0.569. The maximum absolute atomic E-state index is 11.9. The van der Waals surface area contributed by atoms with Crippen molar-refractivity contribution in [2.24, 2.45) is 0 Å². The second-order valence-electron chi connectivity index (χ2n) is 7.90. The fourth-order valence-corrected chi connectivity index (χ4v) is 3.87. The minimum atomic E-state index is -0.463. The normalized spacial score (nSPS) is 21.8. The van der Waals surface area contributed by atoms with Gasteiger partial charge in [-0.1, -0.05) is 44.4 Å². The van der Waals surface area contributed by atoms with Gasteiger partial charge in [-0.2, -0.15) is 0 Å². The smallest absolute Gasteiger partial charge is 0.408 e. The Kier molecular flexibility index (Phi) is 8.62. The van der Waals surface area contributed by atoms with Gasteiger partial charge in [0.1, 0.15) is 6.61 Å². The van der Waals surface area contributed by atoms with Crippen molar-refractivity contribution in [1.29, 1.82) is 0 Å². The van der Waals surface area contributed by atoms with Crippen molar-refractivity contribution in [3.63, 3.8) is 0 Å². The molecule has 0 radical (unpaired) electrons. The van der Waals surface area contributed by atoms with Crippen LogP contribution < -0.4 is 15.5 Å². The summed E-state index contributed by atoms with van der Waals surface area (Å²) in [6.07, 6.45) is 3.01. The molecule has 0 bridgehead atoms. The van der Waals surface area contributed by atoms with Gasteiger partial charge in [-0.3, -0.25) is 4.90 Å². The van der Waals surface area contributed by atoms with Crippen molar-refractivity contribution in [3.8, 4) is 0 Å². The summed E-state index contributed by atoms with van der Waals surface area (Å²) in [6, 6.07) is 10.2. The van der Waals surface area contributed by atoms with Crippen LogP contribution in [0.15, 0.2) is 30.3 Å². The highest BCUT2D eigenvalue weighted by atomic mass is 16.6. The second kappa shape index (κ2) is 11.6. The van der Waals surface area contributed by atoms with E-state index in [9.17, 15) is 9.59 Å². The van der Waals surface area contributed by atoms with Gasteiger partial charge in [-0.25, -0.2) is 9.59 Å². The predicted octanol–water partition coefficient (Wildman–Crippen LogP) is 2.59. The number of hydrogen-bond acceptors (Lipinski definition) is 6. The number of amides is 2. The number of carbonyl (C=O) groups is 2. The number of nitrogens with zero attached hydrogens (tertiary/aromatic N) is 2. The van der Waals surface area contributed by atoms with E-state index in [0.29, 0.717) is 13.1 Å². The molecule has 2 atom stereocenters. The summed E-state index contributed by atoms with van der Waals surface area (Å²) < 4.78 is 10.6. The molecule has 1 aromatic rings. The third kappa shape index (κ3) is 6.79. The van der Waals surface area contributed by atoms with E-state index in [-0.39, 0.29) is 12.6 Å². The molecular formula is C22H34N4O4. The fraction of sp³-hybridized carbons (Fsp3) is 0.636. The molecule has 1 aromatic carbocycles. The van der Waals surface area contributed by atoms with E-state index in [1.165, 1.54) is 12.1 Å². The topological polar surface area (TPSA) is 83.1 Å². The van der Waals surface area contributed by atoms with Gasteiger partial charge >= 0.3 is 12.2 Å². The number of rotatable bonds is 10. The van der Waals surface area contributed by atoms with Crippen LogP contribution in [0.1, 0.15) is 32.6 Å². The highest BCUT2D eigenvalue weighted by Gasteiger charge is 2.36. The summed E-state index contributed by atoms with van der Waals surface area (Å²) in [5.41, 5.74) is 1.24. The van der Waals surface area contributed by atoms with Crippen molar-refractivity contribution in [2.45, 2.75) is 44.8 Å². The number of unbranched alkanes of at least 4 members (excludes halogenated alkanes) is 3. The number of ether oxygens (including phenoxy) is 2. The zero-order valence-corrected chi connectivity index (χ0v) is 17.8. The van der Waals surface area contributed by atoms with Crippen LogP contribution in [-0.4, -0.2) is 75.1 Å². The molecule has 3 rings (SSSR count). The molecule has 8 heteroatoms. The Bertz CT molecular complexity index is 664. The van der Waals surface area contributed by atoms with Crippen molar-refractivity contribution in [1.82, 2.24) is 15.5 Å². The third-order valence-corrected chi connectivity index (χ3v) is 5.64. The number of alkyl carbamates (subject to hydrolysis) is 2. The largest absolute Gasteiger partial charge is 0.446 e. The van der Waals surface area contributed by atoms with Crippen molar-refractivity contribution >= 4 is 17.9 Å². The molecule has 0 unspecified atom stereocenters. The van der Waals surface area contributed by atoms with Gasteiger partial charge in [0.25, 0.3) is 0 Å². The first-order valence-corrected chi connectivity index (χ1v) is 11.1. The van der Waals surface area contributed by atoms with E-state index in [1.807, 2.05) is 6.07 Å². The molecule has 2 N–H and O–H groups in total. The summed E-state index contributed by atoms with van der Waals surface area (Å²) in [6.45, 7) is 7.20. The molecule has 30 heavy (non-hydrogen) atoms. The molecular weight excluding hydrogens is 384 g/mol. The van der Waals surface area contributed by atoms with Gasteiger partial charge in [0.2, 0.25) is 0 Å². The molecule has 2 heterocycles. The van der Waals surface area contributed by atoms with Crippen LogP contribution in [0.4, 0.5) is 15.3 Å². The lowest BCUT2D eigenvalue weighted by Crippen LogP contribution is -2.52. The Morgan fingerprint density at radius 3 is 2.67 bits per heavy atom. The Morgan fingerprint density at radius 2 is 1.93 bits per heavy atom. The summed E-state index contributed by atoms with van der Waals surface area (Å²) in [5, 5.41) is 5.61. The third-order valence-electron chi connectivity index (χ3n) is 5.64. The molecule has 0 spiro atoms. The van der Waals surface area contributed by atoms with Crippen molar-refractivity contribution in [3.05, 3.63) is 30.3 Å². The zero-order valence-electron chi connectivity index (χ0n) is 17.8. The molecule has 2 aliphatic rings. The van der Waals surface area contributed by atoms with Crippen LogP contribution in [0.2, 0.25) is 0 Å². The molecule has 0 aliphatic carbocycles. The van der Waals surface area contributed by atoms with Crippen molar-refractivity contribution in [2.75, 3.05) is 50.8 Å². The van der Waals surface area contributed by atoms with E-state index in [4.69, 9.17) is 9.47 Å². The van der Waals surface area contributed by atoms with E-state index in [2.05, 4.69) is 51.6 Å². The lowest BCUT2D eigenvalue weighted by atomic mass is 10.1. The summed E-state index contributed by atoms with van der Waals surface area (Å²) in [5.74, 6) is 0. The Hall–Kier alpha value is -2.48. The van der Waals surface area contributed by atoms with E-state index >= 15 is 0 Å². The summed E-state index contributed by atoms with van der Waals surface area (Å²) in [4.78, 5) is 28.3. The minimum absolute atomic E-state index is 0.0637. The van der Waals surface area contributed by atoms with Crippen LogP contribution in [0, 0.1) is 0 Å². The SMILES string of the molecule is CCCCCCNC(=O)OC[C@H]1OC(=O)N[C@@H]1CN1CCN(c2ccccc2)CC1. The number of hydrogen-bond donors (Lipinski definition) is 2. The minimum Gasteiger partial charge on any atom is -0.446 e. The average Bonchev–Trinajstić information content (AvgIpc) is 3.12. The van der Waals surface area contributed by atoms with Gasteiger partial charge in [0.15, 0.2) is 6.10 Å². The zero-order chi connectivity index (χ0) is 21.2. The maximum atomic E-state index is 11.9. The average molecular weight is 419 g/mol. The van der Waals surface area contributed by atoms with Crippen molar-refractivity contribution < 1.29 is 19.1 Å². The van der Waals surface area contributed by atoms with Crippen LogP contribution in [0.3, 0.4) is 0 Å². The number of piperazine rings is 1. The molecule has 0 aromatic heterocycles. The Balaban J connectivity index is 1.37.